The van der Waals surface area contributed by atoms with Crippen molar-refractivity contribution in [2.45, 2.75) is 52.1 Å². The highest BCUT2D eigenvalue weighted by molar-refractivity contribution is 5.89. The van der Waals surface area contributed by atoms with Crippen LogP contribution in [-0.2, 0) is 4.74 Å². The standard InChI is InChI=1S/C16H21NO2/c1-3-4-5-6-7-13(2)19-16(18)15-10-8-14(12-17)9-11-15/h8-11,13H,3-7H2,1-2H3/t13-/m1/s1. The molecule has 0 saturated carbocycles. The van der Waals surface area contributed by atoms with Gasteiger partial charge < -0.3 is 4.74 Å². The molecule has 0 amide bonds. The summed E-state index contributed by atoms with van der Waals surface area (Å²) >= 11 is 0. The lowest BCUT2D eigenvalue weighted by Crippen LogP contribution is -2.15. The van der Waals surface area contributed by atoms with Gasteiger partial charge in [0, 0.05) is 0 Å². The Morgan fingerprint density at radius 2 is 1.95 bits per heavy atom. The SMILES string of the molecule is CCCCCC[C@@H](C)OC(=O)c1ccc(C#N)cc1. The Labute approximate surface area is 115 Å². The molecule has 0 N–H and O–H groups in total. The largest absolute Gasteiger partial charge is 0.459 e. The molecule has 0 aliphatic heterocycles. The van der Waals surface area contributed by atoms with Crippen LogP contribution in [0.3, 0.4) is 0 Å². The highest BCUT2D eigenvalue weighted by Gasteiger charge is 2.11. The van der Waals surface area contributed by atoms with Crippen LogP contribution in [0.15, 0.2) is 24.3 Å². The van der Waals surface area contributed by atoms with Gasteiger partial charge in [0.05, 0.1) is 23.3 Å². The Hall–Kier alpha value is -1.82. The van der Waals surface area contributed by atoms with Crippen LogP contribution in [-0.4, -0.2) is 12.1 Å². The Balaban J connectivity index is 2.39. The van der Waals surface area contributed by atoms with E-state index < -0.39 is 0 Å². The summed E-state index contributed by atoms with van der Waals surface area (Å²) in [5, 5.41) is 8.69. The van der Waals surface area contributed by atoms with Crippen molar-refractivity contribution in [3.63, 3.8) is 0 Å². The Bertz CT molecular complexity index is 431. The molecular formula is C16H21NO2. The fraction of sp³-hybridized carbons (Fsp3) is 0.500. The topological polar surface area (TPSA) is 50.1 Å². The van der Waals surface area contributed by atoms with E-state index in [9.17, 15) is 4.79 Å². The molecule has 0 radical (unpaired) electrons. The third kappa shape index (κ3) is 5.56. The number of carbonyl (C=O) groups excluding carboxylic acids is 1. The average molecular weight is 259 g/mol. The zero-order valence-corrected chi connectivity index (χ0v) is 11.7. The van der Waals surface area contributed by atoms with Crippen molar-refractivity contribution in [1.29, 1.82) is 5.26 Å². The molecule has 0 unspecified atom stereocenters. The van der Waals surface area contributed by atoms with Crippen LogP contribution in [0.4, 0.5) is 0 Å². The van der Waals surface area contributed by atoms with Gasteiger partial charge in [0.2, 0.25) is 0 Å². The number of nitrogens with zero attached hydrogens (tertiary/aromatic N) is 1. The van der Waals surface area contributed by atoms with Crippen molar-refractivity contribution in [2.75, 3.05) is 0 Å². The molecule has 0 aliphatic carbocycles. The zero-order chi connectivity index (χ0) is 14.1. The van der Waals surface area contributed by atoms with E-state index in [1.807, 2.05) is 13.0 Å². The molecule has 1 aromatic carbocycles. The normalized spacial score (nSPS) is 11.6. The summed E-state index contributed by atoms with van der Waals surface area (Å²) in [6.07, 6.45) is 5.57. The summed E-state index contributed by atoms with van der Waals surface area (Å²) in [5.74, 6) is -0.313. The summed E-state index contributed by atoms with van der Waals surface area (Å²) in [5.41, 5.74) is 1.04. The predicted molar refractivity (Wildman–Crippen MR) is 74.8 cm³/mol. The molecule has 102 valence electrons. The molecule has 0 heterocycles. The summed E-state index contributed by atoms with van der Waals surface area (Å²) in [6, 6.07) is 8.54. The zero-order valence-electron chi connectivity index (χ0n) is 11.7. The second kappa shape index (κ2) is 8.31. The molecule has 0 bridgehead atoms. The van der Waals surface area contributed by atoms with Crippen molar-refractivity contribution >= 4 is 5.97 Å². The van der Waals surface area contributed by atoms with Crippen molar-refractivity contribution in [3.05, 3.63) is 35.4 Å². The van der Waals surface area contributed by atoms with Crippen molar-refractivity contribution in [3.8, 4) is 6.07 Å². The molecule has 0 saturated heterocycles. The summed E-state index contributed by atoms with van der Waals surface area (Å²) < 4.78 is 5.37. The minimum Gasteiger partial charge on any atom is -0.459 e. The molecule has 1 rings (SSSR count). The van der Waals surface area contributed by atoms with Gasteiger partial charge in [0.15, 0.2) is 0 Å². The molecule has 0 aromatic heterocycles. The molecule has 3 heteroatoms. The Morgan fingerprint density at radius 1 is 1.26 bits per heavy atom. The number of esters is 1. The number of nitriles is 1. The second-order valence-corrected chi connectivity index (χ2v) is 4.75. The number of benzene rings is 1. The van der Waals surface area contributed by atoms with E-state index in [0.29, 0.717) is 11.1 Å². The Kier molecular flexibility index (Phi) is 6.67. The van der Waals surface area contributed by atoms with Crippen LogP contribution >= 0.6 is 0 Å². The predicted octanol–water partition coefficient (Wildman–Crippen LogP) is 4.07. The average Bonchev–Trinajstić information content (AvgIpc) is 2.43. The first-order valence-corrected chi connectivity index (χ1v) is 6.88. The Morgan fingerprint density at radius 3 is 2.53 bits per heavy atom. The molecule has 1 aromatic rings. The summed E-state index contributed by atoms with van der Waals surface area (Å²) in [7, 11) is 0. The quantitative estimate of drug-likeness (QED) is 0.547. The van der Waals surface area contributed by atoms with Gasteiger partial charge >= 0.3 is 5.97 Å². The van der Waals surface area contributed by atoms with E-state index in [0.717, 1.165) is 12.8 Å². The molecule has 0 spiro atoms. The van der Waals surface area contributed by atoms with E-state index in [2.05, 4.69) is 6.92 Å². The van der Waals surface area contributed by atoms with Crippen molar-refractivity contribution in [1.82, 2.24) is 0 Å². The number of hydrogen-bond donors (Lipinski definition) is 0. The van der Waals surface area contributed by atoms with Gasteiger partial charge in [-0.1, -0.05) is 26.2 Å². The van der Waals surface area contributed by atoms with Crippen LogP contribution in [0.2, 0.25) is 0 Å². The van der Waals surface area contributed by atoms with Gasteiger partial charge in [0.1, 0.15) is 0 Å². The molecule has 1 atom stereocenters. The van der Waals surface area contributed by atoms with E-state index in [-0.39, 0.29) is 12.1 Å². The van der Waals surface area contributed by atoms with Gasteiger partial charge in [-0.2, -0.15) is 5.26 Å². The lowest BCUT2D eigenvalue weighted by atomic mass is 10.1. The maximum Gasteiger partial charge on any atom is 0.338 e. The third-order valence-corrected chi connectivity index (χ3v) is 3.02. The third-order valence-electron chi connectivity index (χ3n) is 3.02. The first kappa shape index (κ1) is 15.2. The van der Waals surface area contributed by atoms with E-state index in [1.54, 1.807) is 24.3 Å². The van der Waals surface area contributed by atoms with Crippen LogP contribution < -0.4 is 0 Å². The number of unbranched alkanes of at least 4 members (excludes halogenated alkanes) is 3. The van der Waals surface area contributed by atoms with E-state index in [1.165, 1.54) is 19.3 Å². The number of ether oxygens (including phenoxy) is 1. The van der Waals surface area contributed by atoms with Crippen molar-refractivity contribution in [2.24, 2.45) is 0 Å². The van der Waals surface area contributed by atoms with Crippen molar-refractivity contribution < 1.29 is 9.53 Å². The van der Waals surface area contributed by atoms with E-state index in [4.69, 9.17) is 10.00 Å². The number of carbonyl (C=O) groups is 1. The fourth-order valence-corrected chi connectivity index (χ4v) is 1.85. The number of hydrogen-bond acceptors (Lipinski definition) is 3. The molecule has 19 heavy (non-hydrogen) atoms. The smallest absolute Gasteiger partial charge is 0.338 e. The van der Waals surface area contributed by atoms with Crippen LogP contribution in [0.25, 0.3) is 0 Å². The fourth-order valence-electron chi connectivity index (χ4n) is 1.85. The molecule has 3 nitrogen and oxygen atoms in total. The summed E-state index contributed by atoms with van der Waals surface area (Å²) in [6.45, 7) is 4.10. The lowest BCUT2D eigenvalue weighted by molar-refractivity contribution is 0.0319. The summed E-state index contributed by atoms with van der Waals surface area (Å²) in [4.78, 5) is 11.8. The lowest BCUT2D eigenvalue weighted by Gasteiger charge is -2.13. The molecule has 0 fully saturated rings. The molecule has 0 aliphatic rings. The highest BCUT2D eigenvalue weighted by Crippen LogP contribution is 2.11. The highest BCUT2D eigenvalue weighted by atomic mass is 16.5. The van der Waals surface area contributed by atoms with Gasteiger partial charge in [-0.05, 0) is 44.0 Å². The monoisotopic (exact) mass is 259 g/mol. The van der Waals surface area contributed by atoms with Crippen LogP contribution in [0, 0.1) is 11.3 Å². The maximum atomic E-state index is 11.8. The first-order chi connectivity index (χ1) is 9.17. The van der Waals surface area contributed by atoms with Gasteiger partial charge in [0.25, 0.3) is 0 Å². The van der Waals surface area contributed by atoms with Crippen LogP contribution in [0.5, 0.6) is 0 Å². The second-order valence-electron chi connectivity index (χ2n) is 4.75. The first-order valence-electron chi connectivity index (χ1n) is 6.88. The van der Waals surface area contributed by atoms with Crippen LogP contribution in [0.1, 0.15) is 61.9 Å². The minimum absolute atomic E-state index is 0.0556. The van der Waals surface area contributed by atoms with Gasteiger partial charge in [-0.15, -0.1) is 0 Å². The van der Waals surface area contributed by atoms with Gasteiger partial charge in [-0.25, -0.2) is 4.79 Å². The van der Waals surface area contributed by atoms with Gasteiger partial charge in [-0.3, -0.25) is 0 Å². The maximum absolute atomic E-state index is 11.8. The number of rotatable bonds is 7. The minimum atomic E-state index is -0.313. The van der Waals surface area contributed by atoms with E-state index >= 15 is 0 Å². The molecular weight excluding hydrogens is 238 g/mol.